The Kier molecular flexibility index (Phi) is 4.88. The third-order valence-electron chi connectivity index (χ3n) is 5.24. The van der Waals surface area contributed by atoms with Gasteiger partial charge in [-0.25, -0.2) is 9.18 Å². The summed E-state index contributed by atoms with van der Waals surface area (Å²) >= 11 is 0. The number of aromatic nitrogens is 1. The number of rotatable bonds is 4. The van der Waals surface area contributed by atoms with Gasteiger partial charge in [0.2, 0.25) is 0 Å². The molecular formula is C21H23FN2O3. The van der Waals surface area contributed by atoms with Gasteiger partial charge in [-0.3, -0.25) is 0 Å². The fourth-order valence-corrected chi connectivity index (χ4v) is 3.91. The van der Waals surface area contributed by atoms with E-state index in [0.717, 1.165) is 29.5 Å². The molecule has 0 N–H and O–H groups in total. The molecular weight excluding hydrogens is 347 g/mol. The molecule has 0 aliphatic carbocycles. The molecule has 1 saturated heterocycles. The van der Waals surface area contributed by atoms with Gasteiger partial charge in [0.05, 0.1) is 24.9 Å². The molecule has 5 nitrogen and oxygen atoms in total. The lowest BCUT2D eigenvalue weighted by Crippen LogP contribution is -2.38. The lowest BCUT2D eigenvalue weighted by molar-refractivity contribution is 0.0971. The lowest BCUT2D eigenvalue weighted by atomic mass is 9.89. The van der Waals surface area contributed by atoms with E-state index in [2.05, 4.69) is 6.20 Å². The summed E-state index contributed by atoms with van der Waals surface area (Å²) in [5, 5.41) is 1.07. The number of carbonyl (C=O) groups is 1. The monoisotopic (exact) mass is 370 g/mol. The van der Waals surface area contributed by atoms with Gasteiger partial charge < -0.3 is 18.6 Å². The second-order valence-corrected chi connectivity index (χ2v) is 6.91. The van der Waals surface area contributed by atoms with Crippen LogP contribution in [-0.2, 0) is 11.3 Å². The van der Waals surface area contributed by atoms with Gasteiger partial charge in [-0.1, -0.05) is 0 Å². The summed E-state index contributed by atoms with van der Waals surface area (Å²) in [6.45, 7) is 4.13. The van der Waals surface area contributed by atoms with Crippen LogP contribution in [0.1, 0.15) is 37.0 Å². The van der Waals surface area contributed by atoms with Crippen LogP contribution in [0.3, 0.4) is 0 Å². The number of nitrogens with zero attached hydrogens (tertiary/aromatic N) is 2. The van der Waals surface area contributed by atoms with E-state index in [1.807, 2.05) is 29.7 Å². The third kappa shape index (κ3) is 3.56. The zero-order valence-corrected chi connectivity index (χ0v) is 15.4. The number of hydrogen-bond acceptors (Lipinski definition) is 3. The minimum absolute atomic E-state index is 0.238. The van der Waals surface area contributed by atoms with Crippen molar-refractivity contribution < 1.29 is 18.3 Å². The van der Waals surface area contributed by atoms with Crippen LogP contribution in [0.15, 0.2) is 47.2 Å². The van der Waals surface area contributed by atoms with Crippen LogP contribution in [0, 0.1) is 5.82 Å². The number of ether oxygens (including phenoxy) is 1. The Labute approximate surface area is 157 Å². The Bertz CT molecular complexity index is 924. The van der Waals surface area contributed by atoms with Crippen LogP contribution >= 0.6 is 0 Å². The normalized spacial score (nSPS) is 15.4. The van der Waals surface area contributed by atoms with Crippen molar-refractivity contribution in [3.8, 4) is 0 Å². The van der Waals surface area contributed by atoms with E-state index in [1.54, 1.807) is 17.2 Å². The van der Waals surface area contributed by atoms with E-state index in [0.29, 0.717) is 32.2 Å². The largest absolute Gasteiger partial charge is 0.467 e. The molecule has 0 spiro atoms. The van der Waals surface area contributed by atoms with Crippen molar-refractivity contribution in [2.75, 3.05) is 19.7 Å². The van der Waals surface area contributed by atoms with Gasteiger partial charge in [0.1, 0.15) is 11.6 Å². The summed E-state index contributed by atoms with van der Waals surface area (Å²) in [4.78, 5) is 13.7. The summed E-state index contributed by atoms with van der Waals surface area (Å²) in [7, 11) is 0. The average molecular weight is 370 g/mol. The van der Waals surface area contributed by atoms with Gasteiger partial charge in [-0.15, -0.1) is 0 Å². The number of likely N-dealkylation sites (tertiary alicyclic amines) is 1. The number of carbonyl (C=O) groups excluding carboxylic acids is 1. The predicted octanol–water partition coefficient (Wildman–Crippen LogP) is 4.76. The third-order valence-corrected chi connectivity index (χ3v) is 5.24. The molecule has 3 aromatic rings. The minimum Gasteiger partial charge on any atom is -0.467 e. The summed E-state index contributed by atoms with van der Waals surface area (Å²) < 4.78 is 26.5. The lowest BCUT2D eigenvalue weighted by Gasteiger charge is -2.31. The smallest absolute Gasteiger partial charge is 0.409 e. The number of hydrogen-bond donors (Lipinski definition) is 0. The van der Waals surface area contributed by atoms with Crippen molar-refractivity contribution >= 4 is 17.0 Å². The second kappa shape index (κ2) is 7.47. The predicted molar refractivity (Wildman–Crippen MR) is 100 cm³/mol. The molecule has 0 radical (unpaired) electrons. The van der Waals surface area contributed by atoms with Crippen molar-refractivity contribution in [2.45, 2.75) is 32.2 Å². The van der Waals surface area contributed by atoms with Crippen LogP contribution in [0.25, 0.3) is 10.9 Å². The van der Waals surface area contributed by atoms with Crippen molar-refractivity contribution in [3.05, 3.63) is 59.9 Å². The topological polar surface area (TPSA) is 47.6 Å². The molecule has 1 amide bonds. The first kappa shape index (κ1) is 17.6. The second-order valence-electron chi connectivity index (χ2n) is 6.91. The quantitative estimate of drug-likeness (QED) is 0.665. The van der Waals surface area contributed by atoms with Gasteiger partial charge in [0.25, 0.3) is 0 Å². The summed E-state index contributed by atoms with van der Waals surface area (Å²) in [6, 6.07) is 8.72. The highest BCUT2D eigenvalue weighted by Gasteiger charge is 2.27. The molecule has 1 aliphatic rings. The van der Waals surface area contributed by atoms with Crippen molar-refractivity contribution in [2.24, 2.45) is 0 Å². The molecule has 3 heterocycles. The summed E-state index contributed by atoms with van der Waals surface area (Å²) in [6.07, 6.45) is 5.26. The number of furan rings is 1. The van der Waals surface area contributed by atoms with Gasteiger partial charge in [-0.05, 0) is 61.6 Å². The number of amides is 1. The first-order chi connectivity index (χ1) is 13.2. The zero-order valence-electron chi connectivity index (χ0n) is 15.4. The Morgan fingerprint density at radius 2 is 2.11 bits per heavy atom. The molecule has 0 bridgehead atoms. The molecule has 1 fully saturated rings. The van der Waals surface area contributed by atoms with Crippen LogP contribution < -0.4 is 0 Å². The molecule has 6 heteroatoms. The maximum absolute atomic E-state index is 13.9. The van der Waals surface area contributed by atoms with Crippen LogP contribution in [0.5, 0.6) is 0 Å². The standard InChI is InChI=1S/C21H23FN2O3/c1-2-26-21(25)23-9-7-15(8-10-23)19-14-24(13-17-4-3-11-27-17)20-12-16(22)5-6-18(19)20/h3-6,11-12,14-15H,2,7-10,13H2,1H3. The zero-order chi connectivity index (χ0) is 18.8. The fraction of sp³-hybridized carbons (Fsp3) is 0.381. The maximum atomic E-state index is 13.9. The maximum Gasteiger partial charge on any atom is 0.409 e. The molecule has 0 atom stereocenters. The SMILES string of the molecule is CCOC(=O)N1CCC(c2cn(Cc3ccco3)c3cc(F)ccc23)CC1. The first-order valence-electron chi connectivity index (χ1n) is 9.38. The van der Waals surface area contributed by atoms with E-state index in [1.165, 1.54) is 11.6 Å². The number of fused-ring (bicyclic) bond motifs is 1. The molecule has 0 unspecified atom stereocenters. The Hall–Kier alpha value is -2.76. The average Bonchev–Trinajstić information content (AvgIpc) is 3.31. The molecule has 4 rings (SSSR count). The first-order valence-corrected chi connectivity index (χ1v) is 9.38. The van der Waals surface area contributed by atoms with Gasteiger partial charge in [-0.2, -0.15) is 0 Å². The highest BCUT2D eigenvalue weighted by atomic mass is 19.1. The number of benzene rings is 1. The van der Waals surface area contributed by atoms with Crippen molar-refractivity contribution in [3.63, 3.8) is 0 Å². The summed E-state index contributed by atoms with van der Waals surface area (Å²) in [5.74, 6) is 0.923. The minimum atomic E-state index is -0.245. The van der Waals surface area contributed by atoms with E-state index >= 15 is 0 Å². The molecule has 1 aromatic carbocycles. The number of halogens is 1. The van der Waals surface area contributed by atoms with E-state index < -0.39 is 0 Å². The van der Waals surface area contributed by atoms with Gasteiger partial charge in [0.15, 0.2) is 0 Å². The highest BCUT2D eigenvalue weighted by Crippen LogP contribution is 2.35. The van der Waals surface area contributed by atoms with E-state index in [4.69, 9.17) is 9.15 Å². The van der Waals surface area contributed by atoms with Gasteiger partial charge in [0, 0.05) is 24.7 Å². The van der Waals surface area contributed by atoms with Crippen LogP contribution in [-0.4, -0.2) is 35.3 Å². The molecule has 2 aromatic heterocycles. The Morgan fingerprint density at radius 3 is 2.81 bits per heavy atom. The molecule has 27 heavy (non-hydrogen) atoms. The van der Waals surface area contributed by atoms with E-state index in [9.17, 15) is 9.18 Å². The van der Waals surface area contributed by atoms with Crippen LogP contribution in [0.2, 0.25) is 0 Å². The Balaban J connectivity index is 1.60. The van der Waals surface area contributed by atoms with Crippen molar-refractivity contribution in [1.82, 2.24) is 9.47 Å². The van der Waals surface area contributed by atoms with E-state index in [-0.39, 0.29) is 11.9 Å². The van der Waals surface area contributed by atoms with Gasteiger partial charge >= 0.3 is 6.09 Å². The fourth-order valence-electron chi connectivity index (χ4n) is 3.91. The molecule has 1 aliphatic heterocycles. The summed E-state index contributed by atoms with van der Waals surface area (Å²) in [5.41, 5.74) is 2.08. The highest BCUT2D eigenvalue weighted by molar-refractivity contribution is 5.84. The van der Waals surface area contributed by atoms with Crippen molar-refractivity contribution in [1.29, 1.82) is 0 Å². The van der Waals surface area contributed by atoms with Crippen LogP contribution in [0.4, 0.5) is 9.18 Å². The molecule has 142 valence electrons. The molecule has 0 saturated carbocycles. The Morgan fingerprint density at radius 1 is 1.30 bits per heavy atom. The number of piperidine rings is 1.